The number of hydrogen-bond donors (Lipinski definition) is 0. The van der Waals surface area contributed by atoms with E-state index in [1.165, 1.54) is 0 Å². The summed E-state index contributed by atoms with van der Waals surface area (Å²) in [6, 6.07) is 24.7. The molecule has 31 heavy (non-hydrogen) atoms. The second-order valence-electron chi connectivity index (χ2n) is 8.78. The number of benzene rings is 3. The SMILES string of the molecule is CC1(C)OB(c2cccc(C(=O)c3ccccc3)c2OCc2ccccc2)OC1(C)C. The van der Waals surface area contributed by atoms with Gasteiger partial charge in [-0.1, -0.05) is 72.8 Å². The van der Waals surface area contributed by atoms with E-state index in [-0.39, 0.29) is 5.78 Å². The van der Waals surface area contributed by atoms with Crippen molar-refractivity contribution < 1.29 is 18.8 Å². The normalized spacial score (nSPS) is 16.8. The van der Waals surface area contributed by atoms with Gasteiger partial charge in [0.05, 0.1) is 16.8 Å². The molecule has 1 aliphatic heterocycles. The fourth-order valence-corrected chi connectivity index (χ4v) is 3.53. The maximum atomic E-state index is 13.3. The van der Waals surface area contributed by atoms with E-state index in [1.54, 1.807) is 6.07 Å². The molecule has 0 spiro atoms. The van der Waals surface area contributed by atoms with Crippen LogP contribution in [-0.4, -0.2) is 24.1 Å². The van der Waals surface area contributed by atoms with Crippen LogP contribution in [0.1, 0.15) is 49.2 Å². The molecule has 158 valence electrons. The van der Waals surface area contributed by atoms with E-state index in [2.05, 4.69) is 0 Å². The molecule has 0 saturated carbocycles. The molecule has 1 aliphatic rings. The number of para-hydroxylation sites is 1. The first kappa shape index (κ1) is 21.4. The summed E-state index contributed by atoms with van der Waals surface area (Å²) < 4.78 is 18.8. The summed E-state index contributed by atoms with van der Waals surface area (Å²) >= 11 is 0. The van der Waals surface area contributed by atoms with Crippen LogP contribution >= 0.6 is 0 Å². The minimum Gasteiger partial charge on any atom is -0.488 e. The van der Waals surface area contributed by atoms with Gasteiger partial charge < -0.3 is 14.0 Å². The number of ether oxygens (including phenoxy) is 1. The van der Waals surface area contributed by atoms with Crippen LogP contribution in [0.2, 0.25) is 0 Å². The van der Waals surface area contributed by atoms with Crippen LogP contribution in [0.5, 0.6) is 5.75 Å². The van der Waals surface area contributed by atoms with Gasteiger partial charge in [0.25, 0.3) is 0 Å². The summed E-state index contributed by atoms with van der Waals surface area (Å²) in [4.78, 5) is 13.3. The zero-order valence-corrected chi connectivity index (χ0v) is 18.4. The van der Waals surface area contributed by atoms with Crippen LogP contribution in [0.4, 0.5) is 0 Å². The molecule has 0 atom stereocenters. The molecule has 0 N–H and O–H groups in total. The van der Waals surface area contributed by atoms with E-state index < -0.39 is 18.3 Å². The molecule has 4 nitrogen and oxygen atoms in total. The molecule has 3 aromatic rings. The Kier molecular flexibility index (Phi) is 5.74. The van der Waals surface area contributed by atoms with Gasteiger partial charge in [-0.05, 0) is 39.3 Å². The van der Waals surface area contributed by atoms with Crippen LogP contribution in [0.25, 0.3) is 0 Å². The summed E-state index contributed by atoms with van der Waals surface area (Å²) in [5.74, 6) is 0.403. The molecule has 0 radical (unpaired) electrons. The molecule has 1 heterocycles. The van der Waals surface area contributed by atoms with Crippen molar-refractivity contribution in [2.24, 2.45) is 0 Å². The van der Waals surface area contributed by atoms with Crippen LogP contribution < -0.4 is 10.2 Å². The van der Waals surface area contributed by atoms with Crippen molar-refractivity contribution >= 4 is 18.4 Å². The summed E-state index contributed by atoms with van der Waals surface area (Å²) in [6.45, 7) is 8.38. The Morgan fingerprint density at radius 1 is 0.806 bits per heavy atom. The lowest BCUT2D eigenvalue weighted by Crippen LogP contribution is -2.41. The third-order valence-corrected chi connectivity index (χ3v) is 6.06. The van der Waals surface area contributed by atoms with Gasteiger partial charge in [-0.3, -0.25) is 4.79 Å². The molecule has 0 bridgehead atoms. The highest BCUT2D eigenvalue weighted by atomic mass is 16.7. The Labute approximate surface area is 184 Å². The maximum Gasteiger partial charge on any atom is 0.498 e. The molecular weight excluding hydrogens is 387 g/mol. The third-order valence-electron chi connectivity index (χ3n) is 6.06. The minimum atomic E-state index is -0.626. The van der Waals surface area contributed by atoms with Gasteiger partial charge in [0.1, 0.15) is 12.4 Å². The highest BCUT2D eigenvalue weighted by Gasteiger charge is 2.52. The number of carbonyl (C=O) groups is 1. The average molecular weight is 414 g/mol. The molecule has 5 heteroatoms. The van der Waals surface area contributed by atoms with E-state index >= 15 is 0 Å². The van der Waals surface area contributed by atoms with E-state index in [0.29, 0.717) is 23.5 Å². The standard InChI is InChI=1S/C26H27BO4/c1-25(2)26(3,4)31-27(30-25)22-17-11-16-21(23(28)20-14-9-6-10-15-20)24(22)29-18-19-12-7-5-8-13-19/h5-17H,18H2,1-4H3. The van der Waals surface area contributed by atoms with E-state index in [1.807, 2.05) is 100 Å². The van der Waals surface area contributed by atoms with Crippen molar-refractivity contribution in [2.75, 3.05) is 0 Å². The lowest BCUT2D eigenvalue weighted by Gasteiger charge is -2.32. The second kappa shape index (κ2) is 8.33. The Hall–Kier alpha value is -2.89. The topological polar surface area (TPSA) is 44.8 Å². The smallest absolute Gasteiger partial charge is 0.488 e. The Balaban J connectivity index is 1.75. The van der Waals surface area contributed by atoms with Crippen LogP contribution in [0.3, 0.4) is 0 Å². The van der Waals surface area contributed by atoms with Crippen molar-refractivity contribution in [1.82, 2.24) is 0 Å². The minimum absolute atomic E-state index is 0.0953. The summed E-state index contributed by atoms with van der Waals surface area (Å²) in [7, 11) is -0.626. The molecule has 3 aromatic carbocycles. The zero-order chi connectivity index (χ0) is 22.1. The third kappa shape index (κ3) is 4.29. The molecule has 0 amide bonds. The summed E-state index contributed by atoms with van der Waals surface area (Å²) in [6.07, 6.45) is 0. The second-order valence-corrected chi connectivity index (χ2v) is 8.78. The molecule has 1 saturated heterocycles. The van der Waals surface area contributed by atoms with Gasteiger partial charge in [-0.15, -0.1) is 0 Å². The highest BCUT2D eigenvalue weighted by molar-refractivity contribution is 6.63. The van der Waals surface area contributed by atoms with Crippen molar-refractivity contribution in [3.63, 3.8) is 0 Å². The van der Waals surface area contributed by atoms with Crippen LogP contribution in [0.15, 0.2) is 78.9 Å². The predicted molar refractivity (Wildman–Crippen MR) is 123 cm³/mol. The molecule has 0 aromatic heterocycles. The summed E-state index contributed by atoms with van der Waals surface area (Å²) in [5.41, 5.74) is 1.86. The summed E-state index contributed by atoms with van der Waals surface area (Å²) in [5, 5.41) is 0. The number of carbonyl (C=O) groups excluding carboxylic acids is 1. The maximum absolute atomic E-state index is 13.3. The lowest BCUT2D eigenvalue weighted by atomic mass is 9.76. The van der Waals surface area contributed by atoms with E-state index in [4.69, 9.17) is 14.0 Å². The van der Waals surface area contributed by atoms with Crippen molar-refractivity contribution in [3.8, 4) is 5.75 Å². The molecule has 0 aliphatic carbocycles. The first-order valence-corrected chi connectivity index (χ1v) is 10.5. The van der Waals surface area contributed by atoms with E-state index in [9.17, 15) is 4.79 Å². The van der Waals surface area contributed by atoms with Crippen molar-refractivity contribution in [2.45, 2.75) is 45.5 Å². The Morgan fingerprint density at radius 2 is 1.39 bits per heavy atom. The number of ketones is 1. The van der Waals surface area contributed by atoms with Crippen LogP contribution in [-0.2, 0) is 15.9 Å². The predicted octanol–water partition coefficient (Wildman–Crippen LogP) is 4.80. The van der Waals surface area contributed by atoms with Gasteiger partial charge in [0, 0.05) is 11.0 Å². The first-order chi connectivity index (χ1) is 14.8. The lowest BCUT2D eigenvalue weighted by molar-refractivity contribution is 0.00578. The fraction of sp³-hybridized carbons (Fsp3) is 0.269. The number of rotatable bonds is 6. The van der Waals surface area contributed by atoms with Crippen LogP contribution in [0, 0.1) is 0 Å². The van der Waals surface area contributed by atoms with Crippen molar-refractivity contribution in [3.05, 3.63) is 95.6 Å². The first-order valence-electron chi connectivity index (χ1n) is 10.5. The Morgan fingerprint density at radius 3 is 2.00 bits per heavy atom. The molecule has 0 unspecified atom stereocenters. The van der Waals surface area contributed by atoms with E-state index in [0.717, 1.165) is 11.0 Å². The van der Waals surface area contributed by atoms with Gasteiger partial charge in [0.15, 0.2) is 5.78 Å². The van der Waals surface area contributed by atoms with Gasteiger partial charge in [-0.25, -0.2) is 0 Å². The van der Waals surface area contributed by atoms with Gasteiger partial charge in [0.2, 0.25) is 0 Å². The quantitative estimate of drug-likeness (QED) is 0.430. The largest absolute Gasteiger partial charge is 0.498 e. The number of hydrogen-bond acceptors (Lipinski definition) is 4. The van der Waals surface area contributed by atoms with Gasteiger partial charge in [-0.2, -0.15) is 0 Å². The van der Waals surface area contributed by atoms with Crippen molar-refractivity contribution in [1.29, 1.82) is 0 Å². The average Bonchev–Trinajstić information content (AvgIpc) is 2.99. The highest BCUT2D eigenvalue weighted by Crippen LogP contribution is 2.37. The monoisotopic (exact) mass is 414 g/mol. The van der Waals surface area contributed by atoms with Gasteiger partial charge >= 0.3 is 7.12 Å². The Bertz CT molecular complexity index is 1050. The zero-order valence-electron chi connectivity index (χ0n) is 18.4. The molecule has 1 fully saturated rings. The molecular formula is C26H27BO4. The fourth-order valence-electron chi connectivity index (χ4n) is 3.53. The molecule has 4 rings (SSSR count).